The molecule has 0 aliphatic carbocycles. The third-order valence-electron chi connectivity index (χ3n) is 11.8. The third kappa shape index (κ3) is 27.9. The smallest absolute Gasteiger partial charge is 0.122 e. The molecule has 1 aromatic carbocycles. The maximum Gasteiger partial charge on any atom is 0.122 e. The van der Waals surface area contributed by atoms with Crippen molar-refractivity contribution in [2.24, 2.45) is 0 Å². The zero-order valence-corrected chi connectivity index (χ0v) is 39.0. The van der Waals surface area contributed by atoms with Crippen LogP contribution in [0.25, 0.3) is 0 Å². The summed E-state index contributed by atoms with van der Waals surface area (Å²) in [5, 5.41) is 12.4. The van der Waals surface area contributed by atoms with Gasteiger partial charge in [0.25, 0.3) is 0 Å². The number of rotatable bonds is 40. The monoisotopic (exact) mass is 785 g/mol. The molecule has 0 saturated carbocycles. The van der Waals surface area contributed by atoms with Crippen LogP contribution in [0.1, 0.15) is 255 Å². The molecule has 326 valence electrons. The Kier molecular flexibility index (Phi) is 37.5. The predicted molar refractivity (Wildman–Crippen MR) is 259 cm³/mol. The summed E-state index contributed by atoms with van der Waals surface area (Å²) in [5.41, 5.74) is 7.05. The first-order chi connectivity index (χ1) is 28.2. The normalized spacial score (nSPS) is 12.4. The van der Waals surface area contributed by atoms with E-state index in [4.69, 9.17) is 0 Å². The van der Waals surface area contributed by atoms with Crippen molar-refractivity contribution in [1.82, 2.24) is 0 Å². The number of hydrogen-bond acceptors (Lipinski definition) is 1. The van der Waals surface area contributed by atoms with Crippen LogP contribution >= 0.6 is 0 Å². The molecule has 0 aliphatic heterocycles. The number of aromatic hydroxyl groups is 1. The summed E-state index contributed by atoms with van der Waals surface area (Å²) in [4.78, 5) is 0. The van der Waals surface area contributed by atoms with Gasteiger partial charge in [0.2, 0.25) is 0 Å². The summed E-state index contributed by atoms with van der Waals surface area (Å²) in [5.74, 6) is 0.634. The van der Waals surface area contributed by atoms with E-state index in [9.17, 15) is 5.11 Å². The molecule has 1 nitrogen and oxygen atoms in total. The standard InChI is InChI=1S/C56H96O/c1-6-11-16-21-26-31-36-41-46-51-52(47-42-37-32-27-22-17-12-7-2)54(49-44-39-34-29-24-19-14-9-4)56(57)55(50-45-40-35-30-25-20-15-10-5)53(51)48-43-38-33-28-23-18-13-8-3/h31-40,57H,6-30,41-50H2,1-5H3/b36-31+,37-32+,38-33+,39-34+,40-35+. The van der Waals surface area contributed by atoms with Crippen LogP contribution in [-0.2, 0) is 32.1 Å². The lowest BCUT2D eigenvalue weighted by Crippen LogP contribution is -2.10. The van der Waals surface area contributed by atoms with Gasteiger partial charge < -0.3 is 5.11 Å². The molecule has 0 unspecified atom stereocenters. The van der Waals surface area contributed by atoms with Gasteiger partial charge in [0.15, 0.2) is 0 Å². The van der Waals surface area contributed by atoms with E-state index in [-0.39, 0.29) is 0 Å². The third-order valence-corrected chi connectivity index (χ3v) is 11.8. The van der Waals surface area contributed by atoms with Crippen LogP contribution in [0.2, 0.25) is 0 Å². The minimum Gasteiger partial charge on any atom is -0.507 e. The Morgan fingerprint density at radius 1 is 0.246 bits per heavy atom. The van der Waals surface area contributed by atoms with Crippen LogP contribution in [0.3, 0.4) is 0 Å². The van der Waals surface area contributed by atoms with E-state index in [1.807, 2.05) is 0 Å². The molecular formula is C56H96O. The maximum atomic E-state index is 12.4. The molecule has 1 heteroatoms. The Morgan fingerprint density at radius 2 is 0.439 bits per heavy atom. The molecule has 1 N–H and O–H groups in total. The van der Waals surface area contributed by atoms with Crippen LogP contribution in [0.5, 0.6) is 5.75 Å². The fraction of sp³-hybridized carbons (Fsp3) is 0.714. The molecular weight excluding hydrogens is 689 g/mol. The fourth-order valence-electron chi connectivity index (χ4n) is 8.22. The largest absolute Gasteiger partial charge is 0.507 e. The molecule has 0 aromatic heterocycles. The van der Waals surface area contributed by atoms with E-state index in [0.717, 1.165) is 64.2 Å². The zero-order chi connectivity index (χ0) is 41.3. The average molecular weight is 785 g/mol. The van der Waals surface area contributed by atoms with Crippen molar-refractivity contribution in [1.29, 1.82) is 0 Å². The minimum absolute atomic E-state index is 0.634. The Hall–Kier alpha value is -2.28. The highest BCUT2D eigenvalue weighted by Gasteiger charge is 2.22. The number of phenols is 1. The summed E-state index contributed by atoms with van der Waals surface area (Å²) in [6.07, 6.45) is 66.9. The Morgan fingerprint density at radius 3 is 0.667 bits per heavy atom. The van der Waals surface area contributed by atoms with Crippen molar-refractivity contribution in [3.05, 3.63) is 88.6 Å². The van der Waals surface area contributed by atoms with E-state index in [0.29, 0.717) is 5.75 Å². The fourth-order valence-corrected chi connectivity index (χ4v) is 8.22. The highest BCUT2D eigenvalue weighted by atomic mass is 16.3. The van der Waals surface area contributed by atoms with Gasteiger partial charge in [-0.3, -0.25) is 0 Å². The maximum absolute atomic E-state index is 12.4. The average Bonchev–Trinajstić information content (AvgIpc) is 3.22. The van der Waals surface area contributed by atoms with E-state index in [2.05, 4.69) is 95.4 Å². The van der Waals surface area contributed by atoms with Crippen molar-refractivity contribution >= 4 is 0 Å². The number of phenolic OH excluding ortho intramolecular Hbond substituents is 1. The molecule has 0 radical (unpaired) electrons. The van der Waals surface area contributed by atoms with Crippen molar-refractivity contribution in [2.45, 2.75) is 259 Å². The van der Waals surface area contributed by atoms with Crippen LogP contribution in [0.15, 0.2) is 60.8 Å². The highest BCUT2D eigenvalue weighted by Crippen LogP contribution is 2.38. The highest BCUT2D eigenvalue weighted by molar-refractivity contribution is 5.56. The number of hydrogen-bond donors (Lipinski definition) is 1. The molecule has 0 bridgehead atoms. The van der Waals surface area contributed by atoms with Crippen molar-refractivity contribution < 1.29 is 5.11 Å². The van der Waals surface area contributed by atoms with Gasteiger partial charge >= 0.3 is 0 Å². The summed E-state index contributed by atoms with van der Waals surface area (Å²) in [6.45, 7) is 11.5. The first kappa shape index (κ1) is 52.7. The lowest BCUT2D eigenvalue weighted by molar-refractivity contribution is 0.457. The molecule has 0 aliphatic rings. The van der Waals surface area contributed by atoms with Gasteiger partial charge in [-0.15, -0.1) is 0 Å². The summed E-state index contributed by atoms with van der Waals surface area (Å²) >= 11 is 0. The van der Waals surface area contributed by atoms with Gasteiger partial charge in [-0.25, -0.2) is 0 Å². The zero-order valence-electron chi connectivity index (χ0n) is 39.0. The molecule has 0 fully saturated rings. The molecule has 0 amide bonds. The van der Waals surface area contributed by atoms with Gasteiger partial charge in [-0.05, 0) is 156 Å². The second-order valence-corrected chi connectivity index (χ2v) is 17.0. The second-order valence-electron chi connectivity index (χ2n) is 17.0. The molecule has 1 aromatic rings. The number of allylic oxidation sites excluding steroid dienone is 10. The second kappa shape index (κ2) is 40.5. The van der Waals surface area contributed by atoms with Crippen molar-refractivity contribution in [3.63, 3.8) is 0 Å². The SMILES string of the molecule is CCCCCC/C=C/CCc1c(O)c(CC/C=C/CCCCCC)c(CC/C=C/CCCCCC)c(CC/C=C/CCCCCC)c1CC/C=C/CCCCCC. The molecule has 0 saturated heterocycles. The van der Waals surface area contributed by atoms with Gasteiger partial charge in [0.05, 0.1) is 0 Å². The lowest BCUT2D eigenvalue weighted by Gasteiger charge is -2.24. The number of unbranched alkanes of at least 4 members (excludes halogenated alkanes) is 20. The molecule has 57 heavy (non-hydrogen) atoms. The summed E-state index contributed by atoms with van der Waals surface area (Å²) in [7, 11) is 0. The molecule has 0 spiro atoms. The van der Waals surface area contributed by atoms with Crippen molar-refractivity contribution in [3.8, 4) is 5.75 Å². The quantitative estimate of drug-likeness (QED) is 0.0519. The summed E-state index contributed by atoms with van der Waals surface area (Å²) < 4.78 is 0. The first-order valence-electron chi connectivity index (χ1n) is 25.3. The predicted octanol–water partition coefficient (Wildman–Crippen LogP) is 18.7. The first-order valence-corrected chi connectivity index (χ1v) is 25.3. The van der Waals surface area contributed by atoms with Crippen LogP contribution < -0.4 is 0 Å². The molecule has 1 rings (SSSR count). The van der Waals surface area contributed by atoms with Crippen LogP contribution in [0, 0.1) is 0 Å². The Balaban J connectivity index is 3.57. The Bertz CT molecular complexity index is 1120. The summed E-state index contributed by atoms with van der Waals surface area (Å²) in [6, 6.07) is 0. The van der Waals surface area contributed by atoms with Gasteiger partial charge in [-0.1, -0.05) is 192 Å². The van der Waals surface area contributed by atoms with E-state index >= 15 is 0 Å². The molecule has 0 heterocycles. The van der Waals surface area contributed by atoms with Crippen LogP contribution in [0.4, 0.5) is 0 Å². The van der Waals surface area contributed by atoms with Gasteiger partial charge in [-0.2, -0.15) is 0 Å². The van der Waals surface area contributed by atoms with E-state index in [1.54, 1.807) is 5.56 Å². The van der Waals surface area contributed by atoms with E-state index in [1.165, 1.54) is 183 Å². The van der Waals surface area contributed by atoms with Gasteiger partial charge in [0.1, 0.15) is 5.75 Å². The lowest BCUT2D eigenvalue weighted by atomic mass is 9.81. The van der Waals surface area contributed by atoms with Gasteiger partial charge in [0, 0.05) is 0 Å². The van der Waals surface area contributed by atoms with Crippen molar-refractivity contribution in [2.75, 3.05) is 0 Å². The Labute approximate surface area is 357 Å². The topological polar surface area (TPSA) is 20.2 Å². The van der Waals surface area contributed by atoms with Crippen LogP contribution in [-0.4, -0.2) is 5.11 Å². The minimum atomic E-state index is 0.634. The number of benzene rings is 1. The van der Waals surface area contributed by atoms with E-state index < -0.39 is 0 Å². The molecule has 0 atom stereocenters.